The molecule has 0 spiro atoms. The summed E-state index contributed by atoms with van der Waals surface area (Å²) < 4.78 is 29.0. The van der Waals surface area contributed by atoms with E-state index < -0.39 is 11.6 Å². The SMILES string of the molecule is Cc1cc(NCCCN(C)C)n2cc(-c3ccc(F)cc3F)nc2n1. The number of halogens is 2. The third kappa shape index (κ3) is 3.93. The Bertz CT molecular complexity index is 889. The Labute approximate surface area is 145 Å². The Morgan fingerprint density at radius 1 is 1.16 bits per heavy atom. The van der Waals surface area contributed by atoms with Gasteiger partial charge in [-0.2, -0.15) is 0 Å². The first-order valence-corrected chi connectivity index (χ1v) is 8.15. The maximum absolute atomic E-state index is 14.0. The summed E-state index contributed by atoms with van der Waals surface area (Å²) in [6.45, 7) is 3.67. The van der Waals surface area contributed by atoms with E-state index in [2.05, 4.69) is 20.2 Å². The van der Waals surface area contributed by atoms with Crippen molar-refractivity contribution in [3.05, 3.63) is 47.8 Å². The number of hydrogen-bond donors (Lipinski definition) is 1. The molecular formula is C18H21F2N5. The van der Waals surface area contributed by atoms with Crippen molar-refractivity contribution in [1.82, 2.24) is 19.3 Å². The number of aromatic nitrogens is 3. The van der Waals surface area contributed by atoms with Gasteiger partial charge in [0.15, 0.2) is 0 Å². The maximum Gasteiger partial charge on any atom is 0.236 e. The predicted octanol–water partition coefficient (Wildman–Crippen LogP) is 3.35. The molecule has 0 unspecified atom stereocenters. The first kappa shape index (κ1) is 17.3. The minimum Gasteiger partial charge on any atom is -0.371 e. The van der Waals surface area contributed by atoms with Crippen LogP contribution in [0.15, 0.2) is 30.5 Å². The monoisotopic (exact) mass is 345 g/mol. The van der Waals surface area contributed by atoms with E-state index in [9.17, 15) is 8.78 Å². The maximum atomic E-state index is 14.0. The van der Waals surface area contributed by atoms with E-state index in [0.717, 1.165) is 37.1 Å². The zero-order chi connectivity index (χ0) is 18.0. The van der Waals surface area contributed by atoms with Gasteiger partial charge in [-0.25, -0.2) is 18.7 Å². The summed E-state index contributed by atoms with van der Waals surface area (Å²) in [6.07, 6.45) is 2.70. The summed E-state index contributed by atoms with van der Waals surface area (Å²) in [6, 6.07) is 5.40. The molecule has 1 aromatic carbocycles. The fraction of sp³-hybridized carbons (Fsp3) is 0.333. The summed E-state index contributed by atoms with van der Waals surface area (Å²) >= 11 is 0. The highest BCUT2D eigenvalue weighted by Gasteiger charge is 2.13. The normalized spacial score (nSPS) is 11.4. The van der Waals surface area contributed by atoms with Crippen molar-refractivity contribution in [1.29, 1.82) is 0 Å². The van der Waals surface area contributed by atoms with E-state index >= 15 is 0 Å². The lowest BCUT2D eigenvalue weighted by atomic mass is 10.1. The first-order valence-electron chi connectivity index (χ1n) is 8.15. The quantitative estimate of drug-likeness (QED) is 0.696. The number of aryl methyl sites for hydroxylation is 1. The van der Waals surface area contributed by atoms with Crippen molar-refractivity contribution in [2.45, 2.75) is 13.3 Å². The predicted molar refractivity (Wildman–Crippen MR) is 94.7 cm³/mol. The van der Waals surface area contributed by atoms with Crippen molar-refractivity contribution < 1.29 is 8.78 Å². The third-order valence-electron chi connectivity index (χ3n) is 3.86. The van der Waals surface area contributed by atoms with Crippen LogP contribution in [-0.4, -0.2) is 46.5 Å². The molecule has 0 amide bonds. The molecule has 3 rings (SSSR count). The van der Waals surface area contributed by atoms with Gasteiger partial charge in [0.2, 0.25) is 5.78 Å². The molecule has 5 nitrogen and oxygen atoms in total. The highest BCUT2D eigenvalue weighted by molar-refractivity contribution is 5.64. The number of hydrogen-bond acceptors (Lipinski definition) is 4. The van der Waals surface area contributed by atoms with Crippen molar-refractivity contribution in [2.75, 3.05) is 32.5 Å². The smallest absolute Gasteiger partial charge is 0.236 e. The minimum atomic E-state index is -0.638. The molecular weight excluding hydrogens is 324 g/mol. The number of benzene rings is 1. The third-order valence-corrected chi connectivity index (χ3v) is 3.86. The number of nitrogens with zero attached hydrogens (tertiary/aromatic N) is 4. The number of fused-ring (bicyclic) bond motifs is 1. The molecule has 2 aromatic heterocycles. The Morgan fingerprint density at radius 3 is 2.68 bits per heavy atom. The van der Waals surface area contributed by atoms with Crippen LogP contribution in [0.1, 0.15) is 12.1 Å². The van der Waals surface area contributed by atoms with Gasteiger partial charge in [0, 0.05) is 36.1 Å². The Balaban J connectivity index is 1.92. The zero-order valence-corrected chi connectivity index (χ0v) is 14.6. The molecule has 0 aliphatic carbocycles. The standard InChI is InChI=1S/C18H21F2N5/c1-12-9-17(21-7-4-8-24(2)3)25-11-16(23-18(25)22-12)14-6-5-13(19)10-15(14)20/h5-6,9-11,21H,4,7-8H2,1-3H3. The van der Waals surface area contributed by atoms with Crippen LogP contribution in [0.2, 0.25) is 0 Å². The van der Waals surface area contributed by atoms with Crippen LogP contribution in [0.3, 0.4) is 0 Å². The highest BCUT2D eigenvalue weighted by atomic mass is 19.1. The Kier molecular flexibility index (Phi) is 4.94. The average molecular weight is 345 g/mol. The molecule has 0 atom stereocenters. The van der Waals surface area contributed by atoms with Crippen molar-refractivity contribution >= 4 is 11.6 Å². The summed E-state index contributed by atoms with van der Waals surface area (Å²) in [4.78, 5) is 10.9. The Morgan fingerprint density at radius 2 is 1.96 bits per heavy atom. The molecule has 7 heteroatoms. The molecule has 2 heterocycles. The summed E-state index contributed by atoms with van der Waals surface area (Å²) in [5.41, 5.74) is 1.49. The van der Waals surface area contributed by atoms with E-state index in [1.54, 1.807) is 10.6 Å². The second-order valence-electron chi connectivity index (χ2n) is 6.29. The van der Waals surface area contributed by atoms with Crippen molar-refractivity contribution in [3.63, 3.8) is 0 Å². The lowest BCUT2D eigenvalue weighted by molar-refractivity contribution is 0.405. The molecule has 1 N–H and O–H groups in total. The summed E-state index contributed by atoms with van der Waals surface area (Å²) in [5.74, 6) is 0.0826. The van der Waals surface area contributed by atoms with Gasteiger partial charge in [-0.15, -0.1) is 0 Å². The van der Waals surface area contributed by atoms with Crippen LogP contribution >= 0.6 is 0 Å². The molecule has 0 radical (unpaired) electrons. The average Bonchev–Trinajstić information content (AvgIpc) is 2.94. The van der Waals surface area contributed by atoms with E-state index in [1.165, 1.54) is 12.1 Å². The van der Waals surface area contributed by atoms with Gasteiger partial charge in [0.25, 0.3) is 0 Å². The zero-order valence-electron chi connectivity index (χ0n) is 14.6. The number of nitrogens with one attached hydrogen (secondary N) is 1. The highest BCUT2D eigenvalue weighted by Crippen LogP contribution is 2.24. The van der Waals surface area contributed by atoms with Crippen molar-refractivity contribution in [3.8, 4) is 11.3 Å². The first-order chi connectivity index (χ1) is 11.9. The van der Waals surface area contributed by atoms with Crippen LogP contribution in [0, 0.1) is 18.6 Å². The molecule has 25 heavy (non-hydrogen) atoms. The molecule has 132 valence electrons. The van der Waals surface area contributed by atoms with Gasteiger partial charge < -0.3 is 10.2 Å². The van der Waals surface area contributed by atoms with Gasteiger partial charge in [-0.1, -0.05) is 0 Å². The number of rotatable bonds is 6. The molecule has 0 aliphatic heterocycles. The summed E-state index contributed by atoms with van der Waals surface area (Å²) in [7, 11) is 4.07. The minimum absolute atomic E-state index is 0.253. The van der Waals surface area contributed by atoms with Crippen molar-refractivity contribution in [2.24, 2.45) is 0 Å². The fourth-order valence-corrected chi connectivity index (χ4v) is 2.66. The second-order valence-corrected chi connectivity index (χ2v) is 6.29. The van der Waals surface area contributed by atoms with Crippen LogP contribution in [0.4, 0.5) is 14.6 Å². The molecule has 0 fully saturated rings. The largest absolute Gasteiger partial charge is 0.371 e. The van der Waals surface area contributed by atoms with Gasteiger partial charge in [-0.05, 0) is 46.1 Å². The van der Waals surface area contributed by atoms with Gasteiger partial charge >= 0.3 is 0 Å². The Hall–Kier alpha value is -2.54. The summed E-state index contributed by atoms with van der Waals surface area (Å²) in [5, 5.41) is 3.37. The second kappa shape index (κ2) is 7.14. The van der Waals surface area contributed by atoms with Crippen LogP contribution in [-0.2, 0) is 0 Å². The lowest BCUT2D eigenvalue weighted by Crippen LogP contribution is -2.17. The molecule has 3 aromatic rings. The van der Waals surface area contributed by atoms with Gasteiger partial charge in [0.05, 0.1) is 5.69 Å². The molecule has 0 aliphatic rings. The van der Waals surface area contributed by atoms with E-state index in [-0.39, 0.29) is 5.56 Å². The molecule has 0 saturated heterocycles. The number of imidazole rings is 1. The van der Waals surface area contributed by atoms with Crippen LogP contribution in [0.25, 0.3) is 17.0 Å². The van der Waals surface area contributed by atoms with E-state index in [1.807, 2.05) is 27.1 Å². The van der Waals surface area contributed by atoms with Crippen LogP contribution in [0.5, 0.6) is 0 Å². The van der Waals surface area contributed by atoms with Crippen LogP contribution < -0.4 is 5.32 Å². The van der Waals surface area contributed by atoms with E-state index in [0.29, 0.717) is 11.5 Å². The van der Waals surface area contributed by atoms with Gasteiger partial charge in [-0.3, -0.25) is 4.40 Å². The van der Waals surface area contributed by atoms with E-state index in [4.69, 9.17) is 0 Å². The van der Waals surface area contributed by atoms with Gasteiger partial charge in [0.1, 0.15) is 17.5 Å². The lowest BCUT2D eigenvalue weighted by Gasteiger charge is -2.12. The number of anilines is 1. The molecule has 0 bridgehead atoms. The fourth-order valence-electron chi connectivity index (χ4n) is 2.66. The topological polar surface area (TPSA) is 45.5 Å². The molecule has 0 saturated carbocycles.